The van der Waals surface area contributed by atoms with Gasteiger partial charge in [-0.2, -0.15) is 0 Å². The number of carbonyl (C=O) groups is 2. The average molecular weight is 380 g/mol. The number of nitrogens with one attached hydrogen (secondary N) is 1. The van der Waals surface area contributed by atoms with Crippen LogP contribution in [0.1, 0.15) is 64.6 Å². The Labute approximate surface area is 166 Å². The third-order valence-corrected chi connectivity index (χ3v) is 4.76. The Morgan fingerprint density at radius 2 is 1.75 bits per heavy atom. The number of hydrogen-bond acceptors (Lipinski definition) is 3. The Morgan fingerprint density at radius 1 is 1.07 bits per heavy atom. The molecule has 0 radical (unpaired) electrons. The molecule has 28 heavy (non-hydrogen) atoms. The largest absolute Gasteiger partial charge is 0.493 e. The van der Waals surface area contributed by atoms with Crippen molar-refractivity contribution < 1.29 is 14.3 Å². The fourth-order valence-corrected chi connectivity index (χ4v) is 3.51. The molecule has 0 atom stereocenters. The van der Waals surface area contributed by atoms with Gasteiger partial charge in [0.1, 0.15) is 5.75 Å². The summed E-state index contributed by atoms with van der Waals surface area (Å²) < 4.78 is 5.67. The van der Waals surface area contributed by atoms with Gasteiger partial charge in [-0.05, 0) is 71.7 Å². The van der Waals surface area contributed by atoms with Gasteiger partial charge in [-0.1, -0.05) is 23.3 Å². The molecule has 1 N–H and O–H groups in total. The van der Waals surface area contributed by atoms with Crippen molar-refractivity contribution in [2.45, 2.75) is 53.0 Å². The summed E-state index contributed by atoms with van der Waals surface area (Å²) in [6, 6.07) is 11.2. The number of hydrogen-bond donors (Lipinski definition) is 1. The smallest absolute Gasteiger partial charge is 0.272 e. The molecule has 3 rings (SSSR count). The molecule has 0 spiro atoms. The monoisotopic (exact) mass is 380 g/mol. The minimum atomic E-state index is -0.588. The molecule has 0 unspecified atom stereocenters. The lowest BCUT2D eigenvalue weighted by atomic mass is 9.99. The van der Waals surface area contributed by atoms with Gasteiger partial charge in [0.2, 0.25) is 0 Å². The highest BCUT2D eigenvalue weighted by Crippen LogP contribution is 2.28. The molecule has 0 saturated carbocycles. The molecule has 0 aromatic heterocycles. The fraction of sp³-hybridized carbons (Fsp3) is 0.391. The second-order valence-electron chi connectivity index (χ2n) is 8.36. The van der Waals surface area contributed by atoms with Crippen molar-refractivity contribution in [3.8, 4) is 5.75 Å². The minimum absolute atomic E-state index is 0.228. The Morgan fingerprint density at radius 3 is 2.39 bits per heavy atom. The topological polar surface area (TPSA) is 58.6 Å². The lowest BCUT2D eigenvalue weighted by Crippen LogP contribution is -2.56. The molecule has 2 amide bonds. The Balaban J connectivity index is 1.92. The number of benzene rings is 2. The van der Waals surface area contributed by atoms with E-state index >= 15 is 0 Å². The SMILES string of the molecule is Cc1cc(C)cc(C(=O)N(NC(=O)c2cccc3c2CCCO3)C(C)(C)C)c1. The zero-order valence-electron chi connectivity index (χ0n) is 17.3. The van der Waals surface area contributed by atoms with E-state index in [0.29, 0.717) is 17.7 Å². The molecule has 5 nitrogen and oxygen atoms in total. The molecule has 148 valence electrons. The molecule has 0 fully saturated rings. The van der Waals surface area contributed by atoms with Crippen LogP contribution in [-0.4, -0.2) is 29.0 Å². The zero-order chi connectivity index (χ0) is 20.5. The van der Waals surface area contributed by atoms with E-state index in [1.165, 1.54) is 5.01 Å². The summed E-state index contributed by atoms with van der Waals surface area (Å²) in [4.78, 5) is 26.3. The summed E-state index contributed by atoms with van der Waals surface area (Å²) in [6.45, 7) is 10.3. The van der Waals surface area contributed by atoms with Gasteiger partial charge in [0.25, 0.3) is 11.8 Å². The van der Waals surface area contributed by atoms with Gasteiger partial charge in [-0.15, -0.1) is 0 Å². The molecule has 0 saturated heterocycles. The predicted molar refractivity (Wildman–Crippen MR) is 110 cm³/mol. The maximum atomic E-state index is 13.2. The van der Waals surface area contributed by atoms with Crippen LogP contribution in [0.25, 0.3) is 0 Å². The van der Waals surface area contributed by atoms with Crippen LogP contribution >= 0.6 is 0 Å². The van der Waals surface area contributed by atoms with E-state index in [0.717, 1.165) is 35.3 Å². The summed E-state index contributed by atoms with van der Waals surface area (Å²) in [5.41, 5.74) is 6.30. The maximum absolute atomic E-state index is 13.2. The van der Waals surface area contributed by atoms with Crippen molar-refractivity contribution in [1.82, 2.24) is 10.4 Å². The van der Waals surface area contributed by atoms with Crippen LogP contribution in [0.5, 0.6) is 5.75 Å². The highest BCUT2D eigenvalue weighted by Gasteiger charge is 2.31. The van der Waals surface area contributed by atoms with Crippen LogP contribution in [0.4, 0.5) is 0 Å². The average Bonchev–Trinajstić information content (AvgIpc) is 2.63. The molecule has 1 aliphatic rings. The van der Waals surface area contributed by atoms with Crippen LogP contribution in [0.3, 0.4) is 0 Å². The number of ether oxygens (including phenoxy) is 1. The third kappa shape index (κ3) is 4.19. The number of rotatable bonds is 2. The normalized spacial score (nSPS) is 13.3. The summed E-state index contributed by atoms with van der Waals surface area (Å²) in [6.07, 6.45) is 1.67. The maximum Gasteiger partial charge on any atom is 0.272 e. The second-order valence-corrected chi connectivity index (χ2v) is 8.36. The molecule has 5 heteroatoms. The quantitative estimate of drug-likeness (QED) is 0.794. The molecular weight excluding hydrogens is 352 g/mol. The molecule has 0 aliphatic carbocycles. The summed E-state index contributed by atoms with van der Waals surface area (Å²) in [5, 5.41) is 1.42. The molecule has 2 aromatic carbocycles. The van der Waals surface area contributed by atoms with E-state index in [4.69, 9.17) is 4.74 Å². The standard InChI is InChI=1S/C23H28N2O3/c1-15-12-16(2)14-17(13-15)22(27)25(23(3,4)5)24-21(26)19-8-6-10-20-18(19)9-7-11-28-20/h6,8,10,12-14H,7,9,11H2,1-5H3,(H,24,26). The van der Waals surface area contributed by atoms with Crippen LogP contribution in [0.2, 0.25) is 0 Å². The third-order valence-electron chi connectivity index (χ3n) is 4.76. The Hall–Kier alpha value is -2.82. The Bertz CT molecular complexity index is 892. The van der Waals surface area contributed by atoms with E-state index in [1.807, 2.05) is 65.0 Å². The van der Waals surface area contributed by atoms with Crippen molar-refractivity contribution in [1.29, 1.82) is 0 Å². The lowest BCUT2D eigenvalue weighted by molar-refractivity contribution is 0.0358. The van der Waals surface area contributed by atoms with Crippen LogP contribution in [-0.2, 0) is 6.42 Å². The van der Waals surface area contributed by atoms with Crippen LogP contribution in [0, 0.1) is 13.8 Å². The number of nitrogens with zero attached hydrogens (tertiary/aromatic N) is 1. The highest BCUT2D eigenvalue weighted by atomic mass is 16.5. The van der Waals surface area contributed by atoms with Gasteiger partial charge < -0.3 is 4.74 Å². The number of aryl methyl sites for hydroxylation is 2. The Kier molecular flexibility index (Phi) is 5.45. The van der Waals surface area contributed by atoms with E-state index in [9.17, 15) is 9.59 Å². The van der Waals surface area contributed by atoms with Crippen molar-refractivity contribution in [2.75, 3.05) is 6.61 Å². The first-order chi connectivity index (χ1) is 13.2. The van der Waals surface area contributed by atoms with E-state index < -0.39 is 5.54 Å². The molecule has 2 aromatic rings. The van der Waals surface area contributed by atoms with E-state index in [1.54, 1.807) is 6.07 Å². The lowest BCUT2D eigenvalue weighted by Gasteiger charge is -2.36. The number of carbonyl (C=O) groups excluding carboxylic acids is 2. The highest BCUT2D eigenvalue weighted by molar-refractivity contribution is 6.00. The fourth-order valence-electron chi connectivity index (χ4n) is 3.51. The van der Waals surface area contributed by atoms with Crippen molar-refractivity contribution >= 4 is 11.8 Å². The summed E-state index contributed by atoms with van der Waals surface area (Å²) in [7, 11) is 0. The zero-order valence-corrected chi connectivity index (χ0v) is 17.3. The number of amides is 2. The van der Waals surface area contributed by atoms with Gasteiger partial charge in [0.15, 0.2) is 0 Å². The van der Waals surface area contributed by atoms with Gasteiger partial charge in [-0.25, -0.2) is 5.01 Å². The number of hydrazine groups is 1. The summed E-state index contributed by atoms with van der Waals surface area (Å²) >= 11 is 0. The second kappa shape index (κ2) is 7.66. The van der Waals surface area contributed by atoms with E-state index in [2.05, 4.69) is 5.43 Å². The van der Waals surface area contributed by atoms with Gasteiger partial charge >= 0.3 is 0 Å². The van der Waals surface area contributed by atoms with Crippen LogP contribution in [0.15, 0.2) is 36.4 Å². The molecule has 0 bridgehead atoms. The molecule has 1 aliphatic heterocycles. The predicted octanol–water partition coefficient (Wildman–Crippen LogP) is 4.21. The van der Waals surface area contributed by atoms with Crippen molar-refractivity contribution in [2.24, 2.45) is 0 Å². The van der Waals surface area contributed by atoms with Gasteiger partial charge in [-0.3, -0.25) is 15.0 Å². The first-order valence-corrected chi connectivity index (χ1v) is 9.65. The first-order valence-electron chi connectivity index (χ1n) is 9.65. The minimum Gasteiger partial charge on any atom is -0.493 e. The molecule has 1 heterocycles. The van der Waals surface area contributed by atoms with E-state index in [-0.39, 0.29) is 11.8 Å². The van der Waals surface area contributed by atoms with Gasteiger partial charge in [0, 0.05) is 16.7 Å². The summed E-state index contributed by atoms with van der Waals surface area (Å²) in [5.74, 6) is 0.227. The van der Waals surface area contributed by atoms with Crippen molar-refractivity contribution in [3.05, 3.63) is 64.2 Å². The molecular formula is C23H28N2O3. The van der Waals surface area contributed by atoms with Crippen LogP contribution < -0.4 is 10.2 Å². The van der Waals surface area contributed by atoms with Gasteiger partial charge in [0.05, 0.1) is 12.1 Å². The number of fused-ring (bicyclic) bond motifs is 1. The first kappa shape index (κ1) is 19.9. The van der Waals surface area contributed by atoms with Crippen molar-refractivity contribution in [3.63, 3.8) is 0 Å².